The lowest BCUT2D eigenvalue weighted by molar-refractivity contribution is -0.138. The van der Waals surface area contributed by atoms with E-state index in [0.29, 0.717) is 31.9 Å². The second-order valence-electron chi connectivity index (χ2n) is 4.75. The minimum absolute atomic E-state index is 0.0256. The number of hydrogen-bond donors (Lipinski definition) is 2. The van der Waals surface area contributed by atoms with Gasteiger partial charge in [-0.1, -0.05) is 12.1 Å². The fourth-order valence-corrected chi connectivity index (χ4v) is 2.07. The van der Waals surface area contributed by atoms with Gasteiger partial charge in [0.1, 0.15) is 6.04 Å². The molecule has 0 spiro atoms. The highest BCUT2D eigenvalue weighted by atomic mass is 16.5. The molecule has 3 N–H and O–H groups in total. The number of rotatable bonds is 4. The van der Waals surface area contributed by atoms with Crippen molar-refractivity contribution in [2.24, 2.45) is 5.73 Å². The van der Waals surface area contributed by atoms with Crippen molar-refractivity contribution in [1.82, 2.24) is 4.90 Å². The third-order valence-corrected chi connectivity index (χ3v) is 3.27. The Morgan fingerprint density at radius 3 is 2.40 bits per heavy atom. The first-order valence-electron chi connectivity index (χ1n) is 6.52. The molecule has 1 saturated heterocycles. The number of morpholine rings is 1. The summed E-state index contributed by atoms with van der Waals surface area (Å²) >= 11 is 0. The molecule has 0 aliphatic carbocycles. The number of nitrogens with zero attached hydrogens (tertiary/aromatic N) is 1. The van der Waals surface area contributed by atoms with Gasteiger partial charge in [0.2, 0.25) is 0 Å². The maximum absolute atomic E-state index is 12.2. The van der Waals surface area contributed by atoms with Gasteiger partial charge < -0.3 is 20.5 Å². The standard InChI is InChI=1S/C14H18N2O4/c15-12(14(18)19)9-10-1-3-11(4-2-10)13(17)16-5-7-20-8-6-16/h1-4,12H,5-9,15H2,(H,18,19)/t12-/m0/s1. The summed E-state index contributed by atoms with van der Waals surface area (Å²) in [6, 6.07) is 5.99. The van der Waals surface area contributed by atoms with Crippen molar-refractivity contribution in [3.05, 3.63) is 35.4 Å². The molecular weight excluding hydrogens is 260 g/mol. The van der Waals surface area contributed by atoms with E-state index < -0.39 is 12.0 Å². The van der Waals surface area contributed by atoms with Gasteiger partial charge in [0.25, 0.3) is 5.91 Å². The average molecular weight is 278 g/mol. The van der Waals surface area contributed by atoms with E-state index >= 15 is 0 Å². The number of hydrogen-bond acceptors (Lipinski definition) is 4. The Hall–Kier alpha value is -1.92. The highest BCUT2D eigenvalue weighted by molar-refractivity contribution is 5.94. The first kappa shape index (κ1) is 14.5. The zero-order valence-corrected chi connectivity index (χ0v) is 11.1. The van der Waals surface area contributed by atoms with Gasteiger partial charge in [-0.25, -0.2) is 0 Å². The lowest BCUT2D eigenvalue weighted by Crippen LogP contribution is -2.40. The molecule has 1 amide bonds. The summed E-state index contributed by atoms with van der Waals surface area (Å²) in [6.07, 6.45) is 0.251. The molecule has 0 radical (unpaired) electrons. The van der Waals surface area contributed by atoms with Crippen LogP contribution in [0.3, 0.4) is 0 Å². The largest absolute Gasteiger partial charge is 0.480 e. The maximum Gasteiger partial charge on any atom is 0.320 e. The van der Waals surface area contributed by atoms with E-state index in [4.69, 9.17) is 15.6 Å². The van der Waals surface area contributed by atoms with Gasteiger partial charge in [-0.2, -0.15) is 0 Å². The van der Waals surface area contributed by atoms with Crippen LogP contribution in [0.4, 0.5) is 0 Å². The molecule has 108 valence electrons. The number of amides is 1. The third kappa shape index (κ3) is 3.55. The number of carboxylic acid groups (broad SMARTS) is 1. The normalized spacial score (nSPS) is 16.8. The van der Waals surface area contributed by atoms with Crippen molar-refractivity contribution in [2.45, 2.75) is 12.5 Å². The van der Waals surface area contributed by atoms with Crippen molar-refractivity contribution in [1.29, 1.82) is 0 Å². The minimum Gasteiger partial charge on any atom is -0.480 e. The number of ether oxygens (including phenoxy) is 1. The first-order valence-corrected chi connectivity index (χ1v) is 6.52. The Morgan fingerprint density at radius 1 is 1.25 bits per heavy atom. The zero-order valence-electron chi connectivity index (χ0n) is 11.1. The van der Waals surface area contributed by atoms with Crippen molar-refractivity contribution in [2.75, 3.05) is 26.3 Å². The first-order chi connectivity index (χ1) is 9.58. The Morgan fingerprint density at radius 2 is 1.85 bits per heavy atom. The monoisotopic (exact) mass is 278 g/mol. The smallest absolute Gasteiger partial charge is 0.320 e. The Kier molecular flexibility index (Phi) is 4.70. The van der Waals surface area contributed by atoms with Gasteiger partial charge >= 0.3 is 5.97 Å². The second kappa shape index (κ2) is 6.49. The van der Waals surface area contributed by atoms with Gasteiger partial charge in [-0.3, -0.25) is 9.59 Å². The number of aliphatic carboxylic acids is 1. The van der Waals surface area contributed by atoms with E-state index in [2.05, 4.69) is 0 Å². The van der Waals surface area contributed by atoms with Crippen LogP contribution in [0, 0.1) is 0 Å². The van der Waals surface area contributed by atoms with Crippen LogP contribution in [0.1, 0.15) is 15.9 Å². The van der Waals surface area contributed by atoms with Crippen LogP contribution >= 0.6 is 0 Å². The van der Waals surface area contributed by atoms with Gasteiger partial charge in [0, 0.05) is 18.7 Å². The van der Waals surface area contributed by atoms with Crippen molar-refractivity contribution < 1.29 is 19.4 Å². The predicted molar refractivity (Wildman–Crippen MR) is 72.5 cm³/mol. The van der Waals surface area contributed by atoms with Crippen molar-refractivity contribution in [3.8, 4) is 0 Å². The Bertz CT molecular complexity index is 480. The summed E-state index contributed by atoms with van der Waals surface area (Å²) in [5, 5.41) is 8.76. The summed E-state index contributed by atoms with van der Waals surface area (Å²) in [5.74, 6) is -1.05. The fourth-order valence-electron chi connectivity index (χ4n) is 2.07. The second-order valence-corrected chi connectivity index (χ2v) is 4.75. The molecule has 6 heteroatoms. The van der Waals surface area contributed by atoms with Crippen LogP contribution in [-0.2, 0) is 16.0 Å². The molecular formula is C14H18N2O4. The summed E-state index contributed by atoms with van der Waals surface area (Å²) in [5.41, 5.74) is 6.88. The number of carboxylic acids is 1. The summed E-state index contributed by atoms with van der Waals surface area (Å²) in [7, 11) is 0. The van der Waals surface area contributed by atoms with Gasteiger partial charge in [-0.15, -0.1) is 0 Å². The minimum atomic E-state index is -1.03. The molecule has 2 rings (SSSR count). The molecule has 1 aliphatic rings. The molecule has 1 heterocycles. The van der Waals surface area contributed by atoms with Gasteiger partial charge in [0.15, 0.2) is 0 Å². The number of carbonyl (C=O) groups excluding carboxylic acids is 1. The molecule has 20 heavy (non-hydrogen) atoms. The SMILES string of the molecule is N[C@@H](Cc1ccc(C(=O)N2CCOCC2)cc1)C(=O)O. The molecule has 1 aromatic rings. The Labute approximate surface area is 117 Å². The highest BCUT2D eigenvalue weighted by Crippen LogP contribution is 2.10. The summed E-state index contributed by atoms with van der Waals surface area (Å²) in [6.45, 7) is 2.34. The number of nitrogens with two attached hydrogens (primary N) is 1. The fraction of sp³-hybridized carbons (Fsp3) is 0.429. The lowest BCUT2D eigenvalue weighted by Gasteiger charge is -2.26. The van der Waals surface area contributed by atoms with Gasteiger partial charge in [-0.05, 0) is 24.1 Å². The highest BCUT2D eigenvalue weighted by Gasteiger charge is 2.18. The van der Waals surface area contributed by atoms with E-state index in [1.165, 1.54) is 0 Å². The van der Waals surface area contributed by atoms with Crippen molar-refractivity contribution in [3.63, 3.8) is 0 Å². The molecule has 1 aliphatic heterocycles. The molecule has 1 aromatic carbocycles. The maximum atomic E-state index is 12.2. The zero-order chi connectivity index (χ0) is 14.5. The number of carbonyl (C=O) groups is 2. The average Bonchev–Trinajstić information content (AvgIpc) is 2.48. The lowest BCUT2D eigenvalue weighted by atomic mass is 10.0. The van der Waals surface area contributed by atoms with Crippen LogP contribution < -0.4 is 5.73 Å². The van der Waals surface area contributed by atoms with E-state index in [1.807, 2.05) is 0 Å². The van der Waals surface area contributed by atoms with Crippen LogP contribution in [0.2, 0.25) is 0 Å². The van der Waals surface area contributed by atoms with Crippen molar-refractivity contribution >= 4 is 11.9 Å². The topological polar surface area (TPSA) is 92.9 Å². The van der Waals surface area contributed by atoms with Crippen LogP contribution in [0.15, 0.2) is 24.3 Å². The molecule has 0 bridgehead atoms. The van der Waals surface area contributed by atoms with Gasteiger partial charge in [0.05, 0.1) is 13.2 Å². The summed E-state index contributed by atoms with van der Waals surface area (Å²) in [4.78, 5) is 24.6. The van der Waals surface area contributed by atoms with E-state index in [0.717, 1.165) is 5.56 Å². The molecule has 0 saturated carbocycles. The summed E-state index contributed by atoms with van der Waals surface area (Å²) < 4.78 is 5.21. The van der Waals surface area contributed by atoms with Crippen LogP contribution in [0.5, 0.6) is 0 Å². The van der Waals surface area contributed by atoms with E-state index in [9.17, 15) is 9.59 Å². The molecule has 0 unspecified atom stereocenters. The molecule has 1 atom stereocenters. The molecule has 0 aromatic heterocycles. The third-order valence-electron chi connectivity index (χ3n) is 3.27. The number of benzene rings is 1. The predicted octanol–water partition coefficient (Wildman–Crippen LogP) is 0.113. The van der Waals surface area contributed by atoms with E-state index in [1.54, 1.807) is 29.2 Å². The quantitative estimate of drug-likeness (QED) is 0.815. The molecule has 1 fully saturated rings. The Balaban J connectivity index is 2.00. The van der Waals surface area contributed by atoms with Crippen LogP contribution in [-0.4, -0.2) is 54.2 Å². The van der Waals surface area contributed by atoms with Crippen LogP contribution in [0.25, 0.3) is 0 Å². The van der Waals surface area contributed by atoms with E-state index in [-0.39, 0.29) is 12.3 Å². The molecule has 6 nitrogen and oxygen atoms in total.